The smallest absolute Gasteiger partial charge is 0.296 e. The maximum atomic E-state index is 12.0. The van der Waals surface area contributed by atoms with Crippen LogP contribution in [0.4, 0.5) is 8.78 Å². The Morgan fingerprint density at radius 1 is 1.38 bits per heavy atom. The van der Waals surface area contributed by atoms with Gasteiger partial charge in [0.2, 0.25) is 5.78 Å². The maximum Gasteiger partial charge on any atom is 0.296 e. The predicted molar refractivity (Wildman–Crippen MR) is 42.5 cm³/mol. The van der Waals surface area contributed by atoms with Gasteiger partial charge in [-0.2, -0.15) is 0 Å². The van der Waals surface area contributed by atoms with Crippen LogP contribution in [0.1, 0.15) is 26.2 Å². The van der Waals surface area contributed by atoms with Crippen LogP contribution in [0.2, 0.25) is 0 Å². The van der Waals surface area contributed by atoms with E-state index in [2.05, 4.69) is 0 Å². The molecule has 1 saturated carbocycles. The van der Waals surface area contributed by atoms with Crippen molar-refractivity contribution in [1.29, 1.82) is 0 Å². The molecule has 0 radical (unpaired) electrons. The van der Waals surface area contributed by atoms with Crippen LogP contribution < -0.4 is 0 Å². The molecule has 1 atom stereocenters. The van der Waals surface area contributed by atoms with E-state index in [9.17, 15) is 18.4 Å². The van der Waals surface area contributed by atoms with Gasteiger partial charge >= 0.3 is 0 Å². The van der Waals surface area contributed by atoms with Crippen LogP contribution in [0.3, 0.4) is 0 Å². The third-order valence-electron chi connectivity index (χ3n) is 2.29. The molecule has 1 fully saturated rings. The number of carbonyl (C=O) groups excluding carboxylic acids is 2. The topological polar surface area (TPSA) is 34.1 Å². The summed E-state index contributed by atoms with van der Waals surface area (Å²) in [5, 5.41) is 0. The fraction of sp³-hybridized carbons (Fsp3) is 0.778. The van der Waals surface area contributed by atoms with Gasteiger partial charge in [-0.25, -0.2) is 8.78 Å². The highest BCUT2D eigenvalue weighted by atomic mass is 19.3. The second kappa shape index (κ2) is 3.94. The number of alkyl halides is 2. The summed E-state index contributed by atoms with van der Waals surface area (Å²) in [4.78, 5) is 22.2. The standard InChI is InChI=1S/C9H12F2O2/c1-2-6(8(13)9(10)11)7(12)5-3-4-5/h5-6,9H,2-4H2,1H3. The average Bonchev–Trinajstić information content (AvgIpc) is 2.87. The molecule has 74 valence electrons. The van der Waals surface area contributed by atoms with Crippen molar-refractivity contribution in [2.75, 3.05) is 0 Å². The molecule has 2 nitrogen and oxygen atoms in total. The van der Waals surface area contributed by atoms with Gasteiger partial charge < -0.3 is 0 Å². The highest BCUT2D eigenvalue weighted by Gasteiger charge is 2.39. The molecule has 13 heavy (non-hydrogen) atoms. The Balaban J connectivity index is 2.60. The first-order chi connectivity index (χ1) is 6.07. The van der Waals surface area contributed by atoms with Gasteiger partial charge in [-0.1, -0.05) is 6.92 Å². The largest absolute Gasteiger partial charge is 0.299 e. The van der Waals surface area contributed by atoms with E-state index in [0.717, 1.165) is 12.8 Å². The van der Waals surface area contributed by atoms with Gasteiger partial charge in [0.1, 0.15) is 5.78 Å². The summed E-state index contributed by atoms with van der Waals surface area (Å²) in [5.41, 5.74) is 0. The number of hydrogen-bond acceptors (Lipinski definition) is 2. The summed E-state index contributed by atoms with van der Waals surface area (Å²) in [6.07, 6.45) is -1.30. The van der Waals surface area contributed by atoms with Crippen LogP contribution in [0.15, 0.2) is 0 Å². The SMILES string of the molecule is CCC(C(=O)C(F)F)C(=O)C1CC1. The highest BCUT2D eigenvalue weighted by Crippen LogP contribution is 2.33. The van der Waals surface area contributed by atoms with Gasteiger partial charge in [-0.05, 0) is 19.3 Å². The molecule has 0 amide bonds. The van der Waals surface area contributed by atoms with Crippen LogP contribution in [-0.2, 0) is 9.59 Å². The van der Waals surface area contributed by atoms with Crippen molar-refractivity contribution in [3.05, 3.63) is 0 Å². The lowest BCUT2D eigenvalue weighted by Crippen LogP contribution is -2.29. The molecule has 4 heteroatoms. The summed E-state index contributed by atoms with van der Waals surface area (Å²) < 4.78 is 24.0. The van der Waals surface area contributed by atoms with Gasteiger partial charge in [-0.3, -0.25) is 9.59 Å². The Kier molecular flexibility index (Phi) is 3.12. The van der Waals surface area contributed by atoms with E-state index in [-0.39, 0.29) is 18.1 Å². The average molecular weight is 190 g/mol. The molecule has 1 rings (SSSR count). The van der Waals surface area contributed by atoms with Crippen LogP contribution in [-0.4, -0.2) is 18.0 Å². The molecule has 0 bridgehead atoms. The van der Waals surface area contributed by atoms with Crippen molar-refractivity contribution in [2.45, 2.75) is 32.6 Å². The predicted octanol–water partition coefficient (Wildman–Crippen LogP) is 1.83. The first-order valence-corrected chi connectivity index (χ1v) is 4.43. The van der Waals surface area contributed by atoms with Gasteiger partial charge in [-0.15, -0.1) is 0 Å². The quantitative estimate of drug-likeness (QED) is 0.620. The first-order valence-electron chi connectivity index (χ1n) is 4.43. The zero-order valence-electron chi connectivity index (χ0n) is 7.43. The Labute approximate surface area is 75.3 Å². The highest BCUT2D eigenvalue weighted by molar-refractivity contribution is 6.05. The lowest BCUT2D eigenvalue weighted by Gasteiger charge is -2.10. The van der Waals surface area contributed by atoms with E-state index in [4.69, 9.17) is 0 Å². The van der Waals surface area contributed by atoms with Crippen LogP contribution in [0, 0.1) is 11.8 Å². The fourth-order valence-electron chi connectivity index (χ4n) is 1.35. The van der Waals surface area contributed by atoms with E-state index in [0.29, 0.717) is 0 Å². The molecule has 0 aliphatic heterocycles. The Hall–Kier alpha value is -0.800. The summed E-state index contributed by atoms with van der Waals surface area (Å²) >= 11 is 0. The lowest BCUT2D eigenvalue weighted by molar-refractivity contribution is -0.140. The van der Waals surface area contributed by atoms with E-state index in [1.165, 1.54) is 0 Å². The number of carbonyl (C=O) groups is 2. The Morgan fingerprint density at radius 3 is 2.23 bits per heavy atom. The van der Waals surface area contributed by atoms with Crippen molar-refractivity contribution in [3.8, 4) is 0 Å². The van der Waals surface area contributed by atoms with E-state index >= 15 is 0 Å². The monoisotopic (exact) mass is 190 g/mol. The second-order valence-corrected chi connectivity index (χ2v) is 3.34. The summed E-state index contributed by atoms with van der Waals surface area (Å²) in [6.45, 7) is 1.59. The molecule has 1 unspecified atom stereocenters. The normalized spacial score (nSPS) is 18.8. The van der Waals surface area contributed by atoms with E-state index < -0.39 is 18.1 Å². The van der Waals surface area contributed by atoms with Crippen molar-refractivity contribution < 1.29 is 18.4 Å². The van der Waals surface area contributed by atoms with Crippen LogP contribution in [0.25, 0.3) is 0 Å². The van der Waals surface area contributed by atoms with Crippen molar-refractivity contribution in [1.82, 2.24) is 0 Å². The number of hydrogen-bond donors (Lipinski definition) is 0. The number of ketones is 2. The minimum Gasteiger partial charge on any atom is -0.299 e. The molecule has 0 saturated heterocycles. The summed E-state index contributed by atoms with van der Waals surface area (Å²) in [5.74, 6) is -2.67. The molecule has 0 aromatic carbocycles. The van der Waals surface area contributed by atoms with Crippen molar-refractivity contribution >= 4 is 11.6 Å². The van der Waals surface area contributed by atoms with Gasteiger partial charge in [0, 0.05) is 5.92 Å². The minimum atomic E-state index is -3.01. The van der Waals surface area contributed by atoms with Gasteiger partial charge in [0.25, 0.3) is 6.43 Å². The number of Topliss-reactive ketones (excluding diaryl/α,β-unsaturated/α-hetero) is 2. The molecule has 0 spiro atoms. The zero-order chi connectivity index (χ0) is 10.0. The van der Waals surface area contributed by atoms with Crippen molar-refractivity contribution in [3.63, 3.8) is 0 Å². The molecule has 0 N–H and O–H groups in total. The fourth-order valence-corrected chi connectivity index (χ4v) is 1.35. The van der Waals surface area contributed by atoms with Gasteiger partial charge in [0.15, 0.2) is 0 Å². The molecular weight excluding hydrogens is 178 g/mol. The lowest BCUT2D eigenvalue weighted by atomic mass is 9.93. The minimum absolute atomic E-state index is 0.118. The van der Waals surface area contributed by atoms with Gasteiger partial charge in [0.05, 0.1) is 5.92 Å². The molecule has 1 aliphatic carbocycles. The Morgan fingerprint density at radius 2 is 1.92 bits per heavy atom. The van der Waals surface area contributed by atoms with E-state index in [1.807, 2.05) is 0 Å². The number of halogens is 2. The zero-order valence-corrected chi connectivity index (χ0v) is 7.43. The third kappa shape index (κ3) is 2.32. The first kappa shape index (κ1) is 10.3. The third-order valence-corrected chi connectivity index (χ3v) is 2.29. The number of rotatable bonds is 5. The van der Waals surface area contributed by atoms with Crippen LogP contribution >= 0.6 is 0 Å². The van der Waals surface area contributed by atoms with Crippen molar-refractivity contribution in [2.24, 2.45) is 11.8 Å². The summed E-state index contributed by atoms with van der Waals surface area (Å²) in [6, 6.07) is 0. The van der Waals surface area contributed by atoms with E-state index in [1.54, 1.807) is 6.92 Å². The molecule has 0 aromatic heterocycles. The van der Waals surface area contributed by atoms with Crippen LogP contribution in [0.5, 0.6) is 0 Å². The Bertz CT molecular complexity index is 208. The maximum absolute atomic E-state index is 12.0. The molecule has 0 heterocycles. The molecular formula is C9H12F2O2. The molecule has 0 aromatic rings. The summed E-state index contributed by atoms with van der Waals surface area (Å²) in [7, 11) is 0. The molecule has 1 aliphatic rings. The second-order valence-electron chi connectivity index (χ2n) is 3.34.